The van der Waals surface area contributed by atoms with Crippen LogP contribution in [0, 0.1) is 5.92 Å². The number of amidine groups is 2. The number of rotatable bonds is 7. The molecule has 2 aliphatic heterocycles. The van der Waals surface area contributed by atoms with E-state index in [0.29, 0.717) is 24.0 Å². The van der Waals surface area contributed by atoms with E-state index in [0.717, 1.165) is 17.7 Å². The molecular formula is C25H28N4O2S. The molecular weight excluding hydrogens is 420 g/mol. The standard InChI is InChI=1S/C25H28N4O2S/c1-4-20(23(30)26-15-14-17-10-6-5-7-11-17)32-25-27-19-13-9-8-12-18(19)22-28-21(16(2)3)24(31)29(22)25/h5-13,16,20-21H,4,14-15H2,1-3H3,(H,26,30). The number of fused-ring (bicyclic) bond motifs is 3. The number of hydrogen-bond donors (Lipinski definition) is 1. The van der Waals surface area contributed by atoms with Gasteiger partial charge in [0.05, 0.1) is 10.9 Å². The van der Waals surface area contributed by atoms with E-state index in [2.05, 4.69) is 17.4 Å². The number of hydrogen-bond acceptors (Lipinski definition) is 5. The van der Waals surface area contributed by atoms with Gasteiger partial charge in [-0.25, -0.2) is 9.89 Å². The van der Waals surface area contributed by atoms with Gasteiger partial charge in [0.1, 0.15) is 11.9 Å². The average Bonchev–Trinajstić information content (AvgIpc) is 3.16. The van der Waals surface area contributed by atoms with Gasteiger partial charge in [-0.3, -0.25) is 14.6 Å². The van der Waals surface area contributed by atoms with E-state index in [1.807, 2.05) is 63.2 Å². The molecule has 32 heavy (non-hydrogen) atoms. The highest BCUT2D eigenvalue weighted by atomic mass is 32.2. The summed E-state index contributed by atoms with van der Waals surface area (Å²) in [5, 5.41) is 3.22. The number of nitrogens with zero attached hydrogens (tertiary/aromatic N) is 3. The van der Waals surface area contributed by atoms with Gasteiger partial charge in [0.25, 0.3) is 5.91 Å². The average molecular weight is 449 g/mol. The van der Waals surface area contributed by atoms with Crippen molar-refractivity contribution in [2.75, 3.05) is 6.54 Å². The zero-order valence-corrected chi connectivity index (χ0v) is 19.4. The molecule has 2 aliphatic rings. The molecule has 6 nitrogen and oxygen atoms in total. The van der Waals surface area contributed by atoms with E-state index in [-0.39, 0.29) is 23.0 Å². The Morgan fingerprint density at radius 3 is 2.56 bits per heavy atom. The highest BCUT2D eigenvalue weighted by Crippen LogP contribution is 2.36. The number of aliphatic imine (C=N–C) groups is 2. The maximum atomic E-state index is 13.2. The Labute approximate surface area is 193 Å². The summed E-state index contributed by atoms with van der Waals surface area (Å²) in [7, 11) is 0. The summed E-state index contributed by atoms with van der Waals surface area (Å²) in [6.07, 6.45) is 1.41. The van der Waals surface area contributed by atoms with Gasteiger partial charge in [0.15, 0.2) is 5.17 Å². The van der Waals surface area contributed by atoms with Crippen LogP contribution in [0.1, 0.15) is 38.3 Å². The molecule has 2 unspecified atom stereocenters. The molecule has 7 heteroatoms. The van der Waals surface area contributed by atoms with Crippen LogP contribution in [0.25, 0.3) is 0 Å². The van der Waals surface area contributed by atoms with Crippen molar-refractivity contribution in [2.24, 2.45) is 15.9 Å². The molecule has 2 aromatic rings. The fourth-order valence-corrected chi connectivity index (χ4v) is 4.87. The minimum absolute atomic E-state index is 0.0412. The first kappa shape index (κ1) is 22.3. The van der Waals surface area contributed by atoms with Crippen molar-refractivity contribution >= 4 is 40.3 Å². The third-order valence-electron chi connectivity index (χ3n) is 5.60. The minimum atomic E-state index is -0.429. The molecule has 0 bridgehead atoms. The molecule has 0 fully saturated rings. The number of amides is 2. The van der Waals surface area contributed by atoms with Crippen molar-refractivity contribution in [1.82, 2.24) is 10.2 Å². The van der Waals surface area contributed by atoms with Crippen LogP contribution in [0.5, 0.6) is 0 Å². The molecule has 0 radical (unpaired) electrons. The molecule has 4 rings (SSSR count). The smallest absolute Gasteiger partial charge is 0.259 e. The zero-order chi connectivity index (χ0) is 22.7. The summed E-state index contributed by atoms with van der Waals surface area (Å²) in [5.74, 6) is 0.610. The lowest BCUT2D eigenvalue weighted by Crippen LogP contribution is -2.44. The van der Waals surface area contributed by atoms with Gasteiger partial charge in [0, 0.05) is 12.1 Å². The highest BCUT2D eigenvalue weighted by Gasteiger charge is 2.43. The molecule has 0 spiro atoms. The summed E-state index contributed by atoms with van der Waals surface area (Å²) in [4.78, 5) is 37.2. The summed E-state index contributed by atoms with van der Waals surface area (Å²) >= 11 is 1.34. The van der Waals surface area contributed by atoms with Crippen molar-refractivity contribution in [3.63, 3.8) is 0 Å². The number of carbonyl (C=O) groups is 2. The molecule has 0 saturated carbocycles. The molecule has 0 aliphatic carbocycles. The minimum Gasteiger partial charge on any atom is -0.355 e. The van der Waals surface area contributed by atoms with E-state index < -0.39 is 6.04 Å². The Kier molecular flexibility index (Phi) is 6.74. The van der Waals surface area contributed by atoms with Gasteiger partial charge in [-0.15, -0.1) is 0 Å². The van der Waals surface area contributed by atoms with E-state index in [9.17, 15) is 9.59 Å². The fourth-order valence-electron chi connectivity index (χ4n) is 3.82. The summed E-state index contributed by atoms with van der Waals surface area (Å²) in [5.41, 5.74) is 2.82. The van der Waals surface area contributed by atoms with Crippen LogP contribution in [-0.4, -0.2) is 45.6 Å². The number of carbonyl (C=O) groups excluding carboxylic acids is 2. The topological polar surface area (TPSA) is 74.1 Å². The predicted molar refractivity (Wildman–Crippen MR) is 130 cm³/mol. The lowest BCUT2D eigenvalue weighted by atomic mass is 10.1. The second-order valence-corrected chi connectivity index (χ2v) is 9.44. The number of para-hydroxylation sites is 1. The van der Waals surface area contributed by atoms with Gasteiger partial charge in [-0.05, 0) is 36.5 Å². The van der Waals surface area contributed by atoms with Crippen molar-refractivity contribution in [2.45, 2.75) is 44.9 Å². The van der Waals surface area contributed by atoms with Crippen LogP contribution < -0.4 is 5.32 Å². The van der Waals surface area contributed by atoms with Gasteiger partial charge in [-0.2, -0.15) is 0 Å². The molecule has 2 heterocycles. The fraction of sp³-hybridized carbons (Fsp3) is 0.360. The molecule has 2 atom stereocenters. The first-order valence-electron chi connectivity index (χ1n) is 11.1. The van der Waals surface area contributed by atoms with Gasteiger partial charge < -0.3 is 5.32 Å². The molecule has 2 aromatic carbocycles. The number of thioether (sulfide) groups is 1. The van der Waals surface area contributed by atoms with Crippen LogP contribution in [0.3, 0.4) is 0 Å². The van der Waals surface area contributed by atoms with Crippen LogP contribution >= 0.6 is 11.8 Å². The lowest BCUT2D eigenvalue weighted by molar-refractivity contribution is -0.125. The lowest BCUT2D eigenvalue weighted by Gasteiger charge is -2.27. The Hall–Kier alpha value is -2.93. The van der Waals surface area contributed by atoms with Crippen molar-refractivity contribution in [3.8, 4) is 0 Å². The second kappa shape index (κ2) is 9.69. The molecule has 2 amide bonds. The molecule has 1 N–H and O–H groups in total. The molecule has 0 saturated heterocycles. The van der Waals surface area contributed by atoms with Crippen LogP contribution in [0.15, 0.2) is 64.6 Å². The summed E-state index contributed by atoms with van der Waals surface area (Å²) < 4.78 is 0. The first-order chi connectivity index (χ1) is 15.5. The predicted octanol–water partition coefficient (Wildman–Crippen LogP) is 4.17. The summed E-state index contributed by atoms with van der Waals surface area (Å²) in [6, 6.07) is 17.4. The van der Waals surface area contributed by atoms with E-state index >= 15 is 0 Å². The van der Waals surface area contributed by atoms with Crippen LogP contribution in [0.4, 0.5) is 5.69 Å². The molecule has 166 valence electrons. The van der Waals surface area contributed by atoms with Crippen molar-refractivity contribution in [1.29, 1.82) is 0 Å². The van der Waals surface area contributed by atoms with E-state index in [1.165, 1.54) is 17.3 Å². The maximum absolute atomic E-state index is 13.2. The normalized spacial score (nSPS) is 18.1. The Morgan fingerprint density at radius 1 is 1.12 bits per heavy atom. The highest BCUT2D eigenvalue weighted by molar-refractivity contribution is 8.15. The van der Waals surface area contributed by atoms with Crippen molar-refractivity contribution in [3.05, 3.63) is 65.7 Å². The van der Waals surface area contributed by atoms with E-state index in [1.54, 1.807) is 4.90 Å². The number of nitrogens with one attached hydrogen (secondary N) is 1. The Bertz CT molecular complexity index is 1060. The Morgan fingerprint density at radius 2 is 1.84 bits per heavy atom. The first-order valence-corrected chi connectivity index (χ1v) is 12.0. The maximum Gasteiger partial charge on any atom is 0.259 e. The van der Waals surface area contributed by atoms with Crippen LogP contribution in [-0.2, 0) is 16.0 Å². The molecule has 0 aromatic heterocycles. The monoisotopic (exact) mass is 448 g/mol. The third kappa shape index (κ3) is 4.48. The van der Waals surface area contributed by atoms with Gasteiger partial charge >= 0.3 is 0 Å². The van der Waals surface area contributed by atoms with Crippen LogP contribution in [0.2, 0.25) is 0 Å². The zero-order valence-electron chi connectivity index (χ0n) is 18.6. The third-order valence-corrected chi connectivity index (χ3v) is 6.91. The van der Waals surface area contributed by atoms with Gasteiger partial charge in [0.2, 0.25) is 5.91 Å². The quantitative estimate of drug-likeness (QED) is 0.691. The Balaban J connectivity index is 1.51. The largest absolute Gasteiger partial charge is 0.355 e. The summed E-state index contributed by atoms with van der Waals surface area (Å²) in [6.45, 7) is 6.54. The van der Waals surface area contributed by atoms with E-state index in [4.69, 9.17) is 9.98 Å². The van der Waals surface area contributed by atoms with Gasteiger partial charge in [-0.1, -0.05) is 75.0 Å². The SMILES string of the molecule is CCC(SC1=Nc2ccccc2C2=NC(C(C)C)C(=O)N12)C(=O)NCCc1ccccc1. The van der Waals surface area contributed by atoms with Crippen molar-refractivity contribution < 1.29 is 9.59 Å². The second-order valence-electron chi connectivity index (χ2n) is 8.27. The number of benzene rings is 2.